The van der Waals surface area contributed by atoms with Crippen molar-refractivity contribution in [2.45, 2.75) is 26.5 Å². The highest BCUT2D eigenvalue weighted by Crippen LogP contribution is 2.19. The minimum atomic E-state index is 0. The fourth-order valence-corrected chi connectivity index (χ4v) is 3.86. The molecule has 4 rings (SSSR count). The van der Waals surface area contributed by atoms with Crippen LogP contribution in [0.1, 0.15) is 24.7 Å². The van der Waals surface area contributed by atoms with Gasteiger partial charge in [0.2, 0.25) is 0 Å². The van der Waals surface area contributed by atoms with Crippen LogP contribution < -0.4 is 5.32 Å². The maximum absolute atomic E-state index is 5.96. The highest BCUT2D eigenvalue weighted by Gasteiger charge is 2.25. The number of nitrogens with zero attached hydrogens (tertiary/aromatic N) is 3. The van der Waals surface area contributed by atoms with Crippen molar-refractivity contribution in [3.05, 3.63) is 78.2 Å². The molecule has 0 saturated carbocycles. The fourth-order valence-electron chi connectivity index (χ4n) is 3.86. The van der Waals surface area contributed by atoms with E-state index in [2.05, 4.69) is 63.5 Å². The monoisotopic (exact) mass is 545 g/mol. The molecule has 32 heavy (non-hydrogen) atoms. The van der Waals surface area contributed by atoms with Gasteiger partial charge < -0.3 is 19.9 Å². The zero-order valence-corrected chi connectivity index (χ0v) is 20.9. The van der Waals surface area contributed by atoms with Crippen LogP contribution in [0.4, 0.5) is 0 Å². The molecule has 1 aromatic heterocycles. The molecule has 0 aliphatic carbocycles. The molecule has 1 fully saturated rings. The van der Waals surface area contributed by atoms with E-state index in [-0.39, 0.29) is 24.0 Å². The van der Waals surface area contributed by atoms with E-state index < -0.39 is 0 Å². The Balaban J connectivity index is 0.00000289. The first-order valence-corrected chi connectivity index (χ1v) is 11.1. The van der Waals surface area contributed by atoms with Gasteiger partial charge in [-0.15, -0.1) is 24.0 Å². The van der Waals surface area contributed by atoms with Gasteiger partial charge in [0, 0.05) is 25.6 Å². The van der Waals surface area contributed by atoms with Gasteiger partial charge in [0.05, 0.1) is 25.1 Å². The van der Waals surface area contributed by atoms with E-state index in [1.807, 2.05) is 30.5 Å². The second kappa shape index (κ2) is 12.6. The van der Waals surface area contributed by atoms with Crippen LogP contribution in [0.15, 0.2) is 71.9 Å². The number of hydrogen-bond donors (Lipinski definition) is 2. The highest BCUT2D eigenvalue weighted by molar-refractivity contribution is 14.0. The Morgan fingerprint density at radius 1 is 1.16 bits per heavy atom. The van der Waals surface area contributed by atoms with Crippen molar-refractivity contribution in [3.63, 3.8) is 0 Å². The molecule has 170 valence electrons. The number of nitrogens with one attached hydrogen (secondary N) is 2. The molecular weight excluding hydrogens is 513 g/mol. The molecule has 1 unspecified atom stereocenters. The van der Waals surface area contributed by atoms with Crippen molar-refractivity contribution in [2.75, 3.05) is 26.2 Å². The largest absolute Gasteiger partial charge is 0.376 e. The number of H-pyrrole nitrogens is 1. The molecule has 6 nitrogen and oxygen atoms in total. The van der Waals surface area contributed by atoms with Crippen LogP contribution in [0, 0.1) is 5.92 Å². The van der Waals surface area contributed by atoms with Gasteiger partial charge in [-0.05, 0) is 24.5 Å². The predicted octanol–water partition coefficient (Wildman–Crippen LogP) is 4.70. The molecular formula is C25H32IN5O. The first kappa shape index (κ1) is 24.3. The van der Waals surface area contributed by atoms with Gasteiger partial charge in [-0.2, -0.15) is 0 Å². The minimum Gasteiger partial charge on any atom is -0.376 e. The molecule has 0 radical (unpaired) electrons. The van der Waals surface area contributed by atoms with Gasteiger partial charge in [0.25, 0.3) is 0 Å². The van der Waals surface area contributed by atoms with E-state index in [9.17, 15) is 0 Å². The molecule has 1 saturated heterocycles. The fraction of sp³-hybridized carbons (Fsp3) is 0.360. The van der Waals surface area contributed by atoms with Crippen LogP contribution in [0.3, 0.4) is 0 Å². The van der Waals surface area contributed by atoms with E-state index in [1.54, 1.807) is 0 Å². The van der Waals surface area contributed by atoms with Crippen molar-refractivity contribution in [3.8, 4) is 11.3 Å². The van der Waals surface area contributed by atoms with Gasteiger partial charge >= 0.3 is 0 Å². The number of aliphatic imine (C=N–C) groups is 1. The molecule has 0 amide bonds. The van der Waals surface area contributed by atoms with Gasteiger partial charge in [-0.25, -0.2) is 9.98 Å². The van der Waals surface area contributed by atoms with E-state index in [0.29, 0.717) is 19.1 Å². The molecule has 3 aromatic rings. The molecule has 2 N–H and O–H groups in total. The quantitative estimate of drug-likeness (QED) is 0.245. The van der Waals surface area contributed by atoms with Crippen LogP contribution >= 0.6 is 24.0 Å². The number of aromatic amines is 1. The summed E-state index contributed by atoms with van der Waals surface area (Å²) in [5, 5.41) is 3.43. The molecule has 7 heteroatoms. The number of imidazole rings is 1. The third kappa shape index (κ3) is 6.80. The topological polar surface area (TPSA) is 65.5 Å². The van der Waals surface area contributed by atoms with E-state index in [0.717, 1.165) is 55.7 Å². The van der Waals surface area contributed by atoms with Gasteiger partial charge in [0.15, 0.2) is 5.96 Å². The Hall–Kier alpha value is -2.39. The first-order chi connectivity index (χ1) is 15.3. The highest BCUT2D eigenvalue weighted by atomic mass is 127. The number of guanidine groups is 1. The maximum Gasteiger partial charge on any atom is 0.194 e. The van der Waals surface area contributed by atoms with Crippen LogP contribution in [0.25, 0.3) is 11.3 Å². The van der Waals surface area contributed by atoms with Crippen molar-refractivity contribution in [1.82, 2.24) is 20.2 Å². The molecule has 2 heterocycles. The van der Waals surface area contributed by atoms with Crippen molar-refractivity contribution in [2.24, 2.45) is 10.9 Å². The third-order valence-electron chi connectivity index (χ3n) is 5.48. The molecule has 1 aliphatic rings. The Morgan fingerprint density at radius 2 is 1.91 bits per heavy atom. The summed E-state index contributed by atoms with van der Waals surface area (Å²) in [5.41, 5.74) is 3.38. The van der Waals surface area contributed by atoms with Crippen molar-refractivity contribution >= 4 is 29.9 Å². The standard InChI is InChI=1S/C25H31N5O.HI/c1-2-26-25(28-16-24-27-15-23(29-24)22-11-7-4-8-12-22)30-14-13-21(17-30)19-31-18-20-9-5-3-6-10-20;/h3-12,15,21H,2,13-14,16-19H2,1H3,(H,26,28)(H,27,29);1H. The Morgan fingerprint density at radius 3 is 2.66 bits per heavy atom. The average molecular weight is 545 g/mol. The van der Waals surface area contributed by atoms with E-state index in [4.69, 9.17) is 9.73 Å². The summed E-state index contributed by atoms with van der Waals surface area (Å²) < 4.78 is 5.96. The van der Waals surface area contributed by atoms with Crippen LogP contribution in [0.2, 0.25) is 0 Å². The van der Waals surface area contributed by atoms with Gasteiger partial charge in [0.1, 0.15) is 12.4 Å². The minimum absolute atomic E-state index is 0. The van der Waals surface area contributed by atoms with Crippen LogP contribution in [0.5, 0.6) is 0 Å². The number of hydrogen-bond acceptors (Lipinski definition) is 3. The van der Waals surface area contributed by atoms with Gasteiger partial charge in [-0.1, -0.05) is 60.7 Å². The predicted molar refractivity (Wildman–Crippen MR) is 140 cm³/mol. The second-order valence-electron chi connectivity index (χ2n) is 7.88. The van der Waals surface area contributed by atoms with Crippen molar-refractivity contribution < 1.29 is 4.74 Å². The number of benzene rings is 2. The summed E-state index contributed by atoms with van der Waals surface area (Å²) in [6, 6.07) is 20.6. The number of likely N-dealkylation sites (tertiary alicyclic amines) is 1. The summed E-state index contributed by atoms with van der Waals surface area (Å²) >= 11 is 0. The Labute approximate surface area is 207 Å². The molecule has 1 atom stereocenters. The summed E-state index contributed by atoms with van der Waals surface area (Å²) in [6.07, 6.45) is 3.00. The van der Waals surface area contributed by atoms with E-state index in [1.165, 1.54) is 5.56 Å². The molecule has 2 aromatic carbocycles. The lowest BCUT2D eigenvalue weighted by Gasteiger charge is -2.21. The number of aromatic nitrogens is 2. The first-order valence-electron chi connectivity index (χ1n) is 11.1. The SMILES string of the molecule is CCNC(=NCc1ncc(-c2ccccc2)[nH]1)N1CCC(COCc2ccccc2)C1.I. The lowest BCUT2D eigenvalue weighted by Crippen LogP contribution is -2.40. The van der Waals surface area contributed by atoms with Crippen LogP contribution in [-0.4, -0.2) is 47.1 Å². The maximum atomic E-state index is 5.96. The third-order valence-corrected chi connectivity index (χ3v) is 5.48. The number of halogens is 1. The Kier molecular flexibility index (Phi) is 9.55. The number of ether oxygens (including phenoxy) is 1. The van der Waals surface area contributed by atoms with Gasteiger partial charge in [-0.3, -0.25) is 0 Å². The smallest absolute Gasteiger partial charge is 0.194 e. The number of rotatable bonds is 8. The molecule has 0 spiro atoms. The second-order valence-corrected chi connectivity index (χ2v) is 7.88. The van der Waals surface area contributed by atoms with Crippen LogP contribution in [-0.2, 0) is 17.9 Å². The van der Waals surface area contributed by atoms with E-state index >= 15 is 0 Å². The summed E-state index contributed by atoms with van der Waals surface area (Å²) in [5.74, 6) is 2.35. The summed E-state index contributed by atoms with van der Waals surface area (Å²) in [6.45, 7) is 6.90. The summed E-state index contributed by atoms with van der Waals surface area (Å²) in [4.78, 5) is 15.1. The zero-order valence-electron chi connectivity index (χ0n) is 18.5. The Bertz CT molecular complexity index is 961. The zero-order chi connectivity index (χ0) is 21.3. The molecule has 1 aliphatic heterocycles. The molecule has 0 bridgehead atoms. The average Bonchev–Trinajstić information content (AvgIpc) is 3.48. The normalized spacial score (nSPS) is 16.1. The summed E-state index contributed by atoms with van der Waals surface area (Å²) in [7, 11) is 0. The van der Waals surface area contributed by atoms with Crippen molar-refractivity contribution in [1.29, 1.82) is 0 Å². The lowest BCUT2D eigenvalue weighted by atomic mass is 10.1. The lowest BCUT2D eigenvalue weighted by molar-refractivity contribution is 0.0906.